The molecule has 9 heavy (non-hydrogen) atoms. The Hall–Kier alpha value is -1.11. The Morgan fingerprint density at radius 1 is 1.33 bits per heavy atom. The number of hydrogen-bond acceptors (Lipinski definition) is 1. The van der Waals surface area contributed by atoms with Gasteiger partial charge in [-0.05, 0) is 0 Å². The summed E-state index contributed by atoms with van der Waals surface area (Å²) in [6.45, 7) is 6.82. The standard InChI is InChI=1S/C7H8O.CH4/c1-3-5-7(4-2)6-8;/h3-6H,1-2H2;1H4/b7-5+;. The van der Waals surface area contributed by atoms with E-state index in [2.05, 4.69) is 13.2 Å². The van der Waals surface area contributed by atoms with E-state index >= 15 is 0 Å². The summed E-state index contributed by atoms with van der Waals surface area (Å²) in [5, 5.41) is 0. The normalized spacial score (nSPS) is 9.11. The maximum atomic E-state index is 9.94. The molecule has 0 spiro atoms. The Bertz CT molecular complexity index is 122. The summed E-state index contributed by atoms with van der Waals surface area (Å²) in [6.07, 6.45) is 5.36. The van der Waals surface area contributed by atoms with Crippen molar-refractivity contribution in [1.29, 1.82) is 0 Å². The fraction of sp³-hybridized carbons (Fsp3) is 0.125. The Kier molecular flexibility index (Phi) is 8.27. The van der Waals surface area contributed by atoms with Gasteiger partial charge in [0, 0.05) is 5.57 Å². The number of hydrogen-bond donors (Lipinski definition) is 0. The van der Waals surface area contributed by atoms with Crippen LogP contribution in [0.1, 0.15) is 7.43 Å². The predicted octanol–water partition coefficient (Wildman–Crippen LogP) is 2.12. The zero-order valence-electron chi connectivity index (χ0n) is 4.63. The van der Waals surface area contributed by atoms with Gasteiger partial charge < -0.3 is 0 Å². The molecule has 0 heterocycles. The van der Waals surface area contributed by atoms with Crippen LogP contribution in [0.4, 0.5) is 0 Å². The Morgan fingerprint density at radius 2 is 1.89 bits per heavy atom. The lowest BCUT2D eigenvalue weighted by Crippen LogP contribution is -1.73. The molecule has 1 heteroatoms. The highest BCUT2D eigenvalue weighted by atomic mass is 16.1. The molecule has 0 rings (SSSR count). The highest BCUT2D eigenvalue weighted by Gasteiger charge is 1.79. The van der Waals surface area contributed by atoms with Crippen molar-refractivity contribution in [2.24, 2.45) is 0 Å². The highest BCUT2D eigenvalue weighted by molar-refractivity contribution is 5.77. The van der Waals surface area contributed by atoms with E-state index in [1.165, 1.54) is 6.08 Å². The highest BCUT2D eigenvalue weighted by Crippen LogP contribution is 1.88. The van der Waals surface area contributed by atoms with E-state index < -0.39 is 0 Å². The van der Waals surface area contributed by atoms with E-state index in [-0.39, 0.29) is 7.43 Å². The average Bonchev–Trinajstić information content (AvgIpc) is 1.83. The van der Waals surface area contributed by atoms with Crippen LogP contribution in [0.2, 0.25) is 0 Å². The molecule has 0 aliphatic heterocycles. The molecule has 0 amide bonds. The van der Waals surface area contributed by atoms with Gasteiger partial charge in [0.05, 0.1) is 0 Å². The number of carbonyl (C=O) groups excluding carboxylic acids is 1. The molecule has 0 aromatic rings. The van der Waals surface area contributed by atoms with Crippen LogP contribution in [0.15, 0.2) is 37.0 Å². The molecule has 0 bridgehead atoms. The topological polar surface area (TPSA) is 17.1 Å². The summed E-state index contributed by atoms with van der Waals surface area (Å²) in [6, 6.07) is 0. The van der Waals surface area contributed by atoms with Crippen molar-refractivity contribution in [3.63, 3.8) is 0 Å². The smallest absolute Gasteiger partial charge is 0.150 e. The van der Waals surface area contributed by atoms with Crippen LogP contribution in [0.3, 0.4) is 0 Å². The Labute approximate surface area is 56.4 Å². The molecule has 0 fully saturated rings. The summed E-state index contributed by atoms with van der Waals surface area (Å²) < 4.78 is 0. The van der Waals surface area contributed by atoms with Crippen molar-refractivity contribution in [2.45, 2.75) is 7.43 Å². The first-order chi connectivity index (χ1) is 3.85. The van der Waals surface area contributed by atoms with E-state index in [1.807, 2.05) is 0 Å². The minimum Gasteiger partial charge on any atom is -0.298 e. The molecule has 0 unspecified atom stereocenters. The predicted molar refractivity (Wildman–Crippen MR) is 41.3 cm³/mol. The number of allylic oxidation sites excluding steroid dienone is 4. The number of rotatable bonds is 3. The number of aldehydes is 1. The molecular weight excluding hydrogens is 112 g/mol. The number of carbonyl (C=O) groups is 1. The van der Waals surface area contributed by atoms with Crippen molar-refractivity contribution in [1.82, 2.24) is 0 Å². The molecule has 0 aliphatic carbocycles. The van der Waals surface area contributed by atoms with E-state index in [0.29, 0.717) is 5.57 Å². The molecule has 0 aromatic carbocycles. The fourth-order valence-electron chi connectivity index (χ4n) is 0.292. The second-order valence-electron chi connectivity index (χ2n) is 1.22. The van der Waals surface area contributed by atoms with Crippen LogP contribution < -0.4 is 0 Å². The van der Waals surface area contributed by atoms with Crippen molar-refractivity contribution in [3.8, 4) is 0 Å². The SMILES string of the molecule is C.C=C/C=C(\C=C)C=O. The van der Waals surface area contributed by atoms with E-state index in [4.69, 9.17) is 0 Å². The van der Waals surface area contributed by atoms with Gasteiger partial charge >= 0.3 is 0 Å². The second kappa shape index (κ2) is 6.89. The van der Waals surface area contributed by atoms with Gasteiger partial charge in [0.25, 0.3) is 0 Å². The maximum Gasteiger partial charge on any atom is 0.150 e. The summed E-state index contributed by atoms with van der Waals surface area (Å²) in [5.41, 5.74) is 0.556. The van der Waals surface area contributed by atoms with Gasteiger partial charge in [-0.25, -0.2) is 0 Å². The second-order valence-corrected chi connectivity index (χ2v) is 1.22. The molecule has 0 saturated carbocycles. The minimum atomic E-state index is 0. The lowest BCUT2D eigenvalue weighted by Gasteiger charge is -1.79. The summed E-state index contributed by atoms with van der Waals surface area (Å²) >= 11 is 0. The fourth-order valence-corrected chi connectivity index (χ4v) is 0.292. The summed E-state index contributed by atoms with van der Waals surface area (Å²) in [4.78, 5) is 9.94. The third-order valence-corrected chi connectivity index (χ3v) is 0.682. The van der Waals surface area contributed by atoms with Gasteiger partial charge in [-0.1, -0.05) is 38.8 Å². The summed E-state index contributed by atoms with van der Waals surface area (Å²) in [5.74, 6) is 0. The van der Waals surface area contributed by atoms with Gasteiger partial charge in [0.2, 0.25) is 0 Å². The van der Waals surface area contributed by atoms with Crippen LogP contribution in [0, 0.1) is 0 Å². The van der Waals surface area contributed by atoms with Gasteiger partial charge in [0.1, 0.15) is 6.29 Å². The Balaban J connectivity index is 0. The van der Waals surface area contributed by atoms with Crippen molar-refractivity contribution >= 4 is 6.29 Å². The molecule has 0 aromatic heterocycles. The van der Waals surface area contributed by atoms with Crippen LogP contribution in [-0.2, 0) is 4.79 Å². The van der Waals surface area contributed by atoms with Crippen LogP contribution in [-0.4, -0.2) is 6.29 Å². The van der Waals surface area contributed by atoms with Gasteiger partial charge in [-0.2, -0.15) is 0 Å². The van der Waals surface area contributed by atoms with Crippen LogP contribution in [0.5, 0.6) is 0 Å². The maximum absolute atomic E-state index is 9.94. The summed E-state index contributed by atoms with van der Waals surface area (Å²) in [7, 11) is 0. The molecule has 0 saturated heterocycles. The molecule has 1 nitrogen and oxygen atoms in total. The van der Waals surface area contributed by atoms with E-state index in [0.717, 1.165) is 6.29 Å². The van der Waals surface area contributed by atoms with Gasteiger partial charge in [-0.15, -0.1) is 0 Å². The molecule has 50 valence electrons. The van der Waals surface area contributed by atoms with E-state index in [9.17, 15) is 4.79 Å². The Morgan fingerprint density at radius 3 is 2.00 bits per heavy atom. The largest absolute Gasteiger partial charge is 0.298 e. The minimum absolute atomic E-state index is 0. The third kappa shape index (κ3) is 4.75. The van der Waals surface area contributed by atoms with Crippen molar-refractivity contribution < 1.29 is 4.79 Å². The molecule has 0 radical (unpaired) electrons. The lowest BCUT2D eigenvalue weighted by molar-refractivity contribution is -0.104. The van der Waals surface area contributed by atoms with Crippen LogP contribution >= 0.6 is 0 Å². The quantitative estimate of drug-likeness (QED) is 0.320. The molecule has 0 aliphatic rings. The molecular formula is C8H12O. The van der Waals surface area contributed by atoms with Gasteiger partial charge in [0.15, 0.2) is 0 Å². The molecule has 0 N–H and O–H groups in total. The first-order valence-corrected chi connectivity index (χ1v) is 2.25. The average molecular weight is 124 g/mol. The molecule has 0 atom stereocenters. The zero-order chi connectivity index (χ0) is 6.41. The zero-order valence-corrected chi connectivity index (χ0v) is 4.63. The third-order valence-electron chi connectivity index (χ3n) is 0.682. The lowest BCUT2D eigenvalue weighted by atomic mass is 10.3. The van der Waals surface area contributed by atoms with Crippen molar-refractivity contribution in [2.75, 3.05) is 0 Å². The monoisotopic (exact) mass is 124 g/mol. The van der Waals surface area contributed by atoms with Crippen molar-refractivity contribution in [3.05, 3.63) is 37.0 Å². The van der Waals surface area contributed by atoms with Crippen LogP contribution in [0.25, 0.3) is 0 Å². The first-order valence-electron chi connectivity index (χ1n) is 2.25. The van der Waals surface area contributed by atoms with E-state index in [1.54, 1.807) is 12.2 Å². The first kappa shape index (κ1) is 10.8. The van der Waals surface area contributed by atoms with Gasteiger partial charge in [-0.3, -0.25) is 4.79 Å².